The summed E-state index contributed by atoms with van der Waals surface area (Å²) in [5.41, 5.74) is 0.897. The summed E-state index contributed by atoms with van der Waals surface area (Å²) in [6, 6.07) is 16.3. The van der Waals surface area contributed by atoms with Gasteiger partial charge in [-0.1, -0.05) is 54.1 Å². The number of H-pyrrole nitrogens is 2. The van der Waals surface area contributed by atoms with Gasteiger partial charge in [0.05, 0.1) is 0 Å². The van der Waals surface area contributed by atoms with Crippen LogP contribution in [0.4, 0.5) is 0 Å². The van der Waals surface area contributed by atoms with Crippen LogP contribution in [0.25, 0.3) is 12.2 Å². The SMILES string of the molecule is O=c1[nH]/c(=C\c2ccc(Cl)cc2)c(=O)[nH]/c1=C\c1ccccc1. The molecule has 2 aromatic carbocycles. The zero-order valence-electron chi connectivity index (χ0n) is 12.0. The summed E-state index contributed by atoms with van der Waals surface area (Å²) in [6.45, 7) is 0. The number of rotatable bonds is 2. The molecule has 0 radical (unpaired) electrons. The van der Waals surface area contributed by atoms with Gasteiger partial charge in [-0.05, 0) is 35.4 Å². The fraction of sp³-hybridized carbons (Fsp3) is 0. The highest BCUT2D eigenvalue weighted by Crippen LogP contribution is 2.09. The van der Waals surface area contributed by atoms with E-state index in [1.54, 1.807) is 36.4 Å². The lowest BCUT2D eigenvalue weighted by Gasteiger charge is -1.95. The van der Waals surface area contributed by atoms with Gasteiger partial charge in [-0.15, -0.1) is 0 Å². The second kappa shape index (κ2) is 6.50. The van der Waals surface area contributed by atoms with Gasteiger partial charge in [0.25, 0.3) is 11.1 Å². The minimum atomic E-state index is -0.360. The van der Waals surface area contributed by atoms with Gasteiger partial charge in [-0.2, -0.15) is 0 Å². The fourth-order valence-corrected chi connectivity index (χ4v) is 2.26. The molecule has 0 bridgehead atoms. The molecule has 5 heteroatoms. The molecular weight excluding hydrogens is 312 g/mol. The average molecular weight is 325 g/mol. The molecule has 3 aromatic rings. The molecule has 114 valence electrons. The first kappa shape index (κ1) is 15.1. The Hall–Kier alpha value is -2.85. The maximum absolute atomic E-state index is 12.2. The van der Waals surface area contributed by atoms with Gasteiger partial charge in [-0.25, -0.2) is 0 Å². The van der Waals surface area contributed by atoms with E-state index in [0.717, 1.165) is 11.1 Å². The van der Waals surface area contributed by atoms with Crippen molar-refractivity contribution in [1.82, 2.24) is 9.97 Å². The van der Waals surface area contributed by atoms with Crippen molar-refractivity contribution in [3.8, 4) is 0 Å². The largest absolute Gasteiger partial charge is 0.316 e. The van der Waals surface area contributed by atoms with E-state index in [2.05, 4.69) is 9.97 Å². The van der Waals surface area contributed by atoms with Gasteiger partial charge in [-0.3, -0.25) is 9.59 Å². The molecule has 0 saturated heterocycles. The van der Waals surface area contributed by atoms with Crippen LogP contribution in [0, 0.1) is 0 Å². The fourth-order valence-electron chi connectivity index (χ4n) is 2.14. The Kier molecular flexibility index (Phi) is 4.26. The second-order valence-electron chi connectivity index (χ2n) is 4.99. The van der Waals surface area contributed by atoms with Crippen molar-refractivity contribution in [1.29, 1.82) is 0 Å². The number of aromatic nitrogens is 2. The van der Waals surface area contributed by atoms with E-state index < -0.39 is 0 Å². The van der Waals surface area contributed by atoms with Crippen molar-refractivity contribution in [2.45, 2.75) is 0 Å². The first-order chi connectivity index (χ1) is 11.1. The first-order valence-electron chi connectivity index (χ1n) is 6.98. The molecule has 1 aromatic heterocycles. The molecule has 2 N–H and O–H groups in total. The van der Waals surface area contributed by atoms with Crippen LogP contribution < -0.4 is 21.8 Å². The van der Waals surface area contributed by atoms with E-state index in [1.165, 1.54) is 0 Å². The van der Waals surface area contributed by atoms with Crippen LogP contribution in [0.2, 0.25) is 5.02 Å². The van der Waals surface area contributed by atoms with Gasteiger partial charge in [0.1, 0.15) is 10.7 Å². The van der Waals surface area contributed by atoms with Crippen LogP contribution in [-0.2, 0) is 0 Å². The lowest BCUT2D eigenvalue weighted by atomic mass is 10.2. The Morgan fingerprint density at radius 2 is 1.17 bits per heavy atom. The summed E-state index contributed by atoms with van der Waals surface area (Å²) in [5.74, 6) is 0. The van der Waals surface area contributed by atoms with E-state index in [1.807, 2.05) is 30.3 Å². The Bertz CT molecular complexity index is 1050. The number of hydrogen-bond donors (Lipinski definition) is 2. The molecule has 0 spiro atoms. The number of halogens is 1. The van der Waals surface area contributed by atoms with E-state index >= 15 is 0 Å². The zero-order valence-corrected chi connectivity index (χ0v) is 12.8. The normalized spacial score (nSPS) is 12.6. The molecule has 1 heterocycles. The van der Waals surface area contributed by atoms with Gasteiger partial charge in [0.2, 0.25) is 0 Å². The van der Waals surface area contributed by atoms with Crippen molar-refractivity contribution < 1.29 is 0 Å². The summed E-state index contributed by atoms with van der Waals surface area (Å²) in [5, 5.41) is 1.02. The summed E-state index contributed by atoms with van der Waals surface area (Å²) < 4.78 is 0. The van der Waals surface area contributed by atoms with Crippen LogP contribution >= 0.6 is 11.6 Å². The summed E-state index contributed by atoms with van der Waals surface area (Å²) in [7, 11) is 0. The maximum atomic E-state index is 12.2. The van der Waals surface area contributed by atoms with Crippen LogP contribution in [0.3, 0.4) is 0 Å². The van der Waals surface area contributed by atoms with Crippen LogP contribution in [-0.4, -0.2) is 9.97 Å². The van der Waals surface area contributed by atoms with E-state index in [0.29, 0.717) is 5.02 Å². The molecule has 0 fully saturated rings. The molecule has 0 saturated carbocycles. The standard InChI is InChI=1S/C18H13ClN2O2/c19-14-8-6-13(7-9-14)11-16-18(23)20-15(17(22)21-16)10-12-4-2-1-3-5-12/h1-11H,(H,20,23)(H,21,22)/b15-10-,16-11-. The Morgan fingerprint density at radius 3 is 1.70 bits per heavy atom. The molecule has 4 nitrogen and oxygen atoms in total. The Morgan fingerprint density at radius 1 is 0.696 bits per heavy atom. The minimum Gasteiger partial charge on any atom is -0.316 e. The van der Waals surface area contributed by atoms with Crippen molar-refractivity contribution >= 4 is 23.8 Å². The van der Waals surface area contributed by atoms with Crippen molar-refractivity contribution in [3.63, 3.8) is 0 Å². The lowest BCUT2D eigenvalue weighted by molar-refractivity contribution is 1.00. The third-order valence-corrected chi connectivity index (χ3v) is 3.53. The van der Waals surface area contributed by atoms with Crippen LogP contribution in [0.15, 0.2) is 64.2 Å². The smallest absolute Gasteiger partial charge is 0.272 e. The summed E-state index contributed by atoms with van der Waals surface area (Å²) >= 11 is 5.83. The maximum Gasteiger partial charge on any atom is 0.272 e. The van der Waals surface area contributed by atoms with Crippen LogP contribution in [0.5, 0.6) is 0 Å². The number of benzene rings is 2. The molecule has 0 aliphatic rings. The van der Waals surface area contributed by atoms with E-state index in [9.17, 15) is 9.59 Å². The predicted molar refractivity (Wildman–Crippen MR) is 92.0 cm³/mol. The molecule has 0 unspecified atom stereocenters. The van der Waals surface area contributed by atoms with Crippen molar-refractivity contribution in [2.24, 2.45) is 0 Å². The van der Waals surface area contributed by atoms with Gasteiger partial charge >= 0.3 is 0 Å². The summed E-state index contributed by atoms with van der Waals surface area (Å²) in [6.07, 6.45) is 3.23. The Balaban J connectivity index is 2.12. The molecule has 0 aliphatic heterocycles. The molecule has 3 rings (SSSR count). The predicted octanol–water partition coefficient (Wildman–Crippen LogP) is 1.37. The number of nitrogens with one attached hydrogen (secondary N) is 2. The average Bonchev–Trinajstić information content (AvgIpc) is 2.55. The highest BCUT2D eigenvalue weighted by atomic mass is 35.5. The van der Waals surface area contributed by atoms with Crippen molar-refractivity contribution in [3.05, 3.63) is 102 Å². The molecule has 0 amide bonds. The first-order valence-corrected chi connectivity index (χ1v) is 7.36. The highest BCUT2D eigenvalue weighted by Gasteiger charge is 1.97. The van der Waals surface area contributed by atoms with E-state index in [-0.39, 0.29) is 21.8 Å². The summed E-state index contributed by atoms with van der Waals surface area (Å²) in [4.78, 5) is 29.5. The van der Waals surface area contributed by atoms with Crippen LogP contribution in [0.1, 0.15) is 11.1 Å². The molecule has 0 aliphatic carbocycles. The minimum absolute atomic E-state index is 0.197. The second-order valence-corrected chi connectivity index (χ2v) is 5.42. The van der Waals surface area contributed by atoms with Gasteiger partial charge in [0.15, 0.2) is 0 Å². The topological polar surface area (TPSA) is 65.7 Å². The van der Waals surface area contributed by atoms with E-state index in [4.69, 9.17) is 11.6 Å². The molecule has 0 atom stereocenters. The third-order valence-electron chi connectivity index (χ3n) is 3.28. The lowest BCUT2D eigenvalue weighted by Crippen LogP contribution is -2.46. The third kappa shape index (κ3) is 3.67. The number of hydrogen-bond acceptors (Lipinski definition) is 2. The zero-order chi connectivity index (χ0) is 16.2. The number of aromatic amines is 2. The van der Waals surface area contributed by atoms with Gasteiger partial charge in [0, 0.05) is 5.02 Å². The molecular formula is C18H13ClN2O2. The monoisotopic (exact) mass is 324 g/mol. The van der Waals surface area contributed by atoms with Gasteiger partial charge < -0.3 is 9.97 Å². The quantitative estimate of drug-likeness (QED) is 0.748. The molecule has 23 heavy (non-hydrogen) atoms. The van der Waals surface area contributed by atoms with Crippen molar-refractivity contribution in [2.75, 3.05) is 0 Å². The Labute approximate surface area is 136 Å². The highest BCUT2D eigenvalue weighted by molar-refractivity contribution is 6.30.